The summed E-state index contributed by atoms with van der Waals surface area (Å²) in [5.41, 5.74) is -2.76. The molecule has 2 atom stereocenters. The first-order valence-corrected chi connectivity index (χ1v) is 11.6. The van der Waals surface area contributed by atoms with Gasteiger partial charge in [-0.05, 0) is 36.8 Å². The van der Waals surface area contributed by atoms with Crippen molar-refractivity contribution < 1.29 is 26.7 Å². The molecule has 0 aromatic heterocycles. The lowest BCUT2D eigenvalue weighted by atomic mass is 9.95. The highest BCUT2D eigenvalue weighted by molar-refractivity contribution is 7.90. The molecule has 1 aliphatic rings. The maximum Gasteiger partial charge on any atom is 0.421 e. The number of anilines is 1. The van der Waals surface area contributed by atoms with Crippen LogP contribution >= 0.6 is 12.6 Å². The lowest BCUT2D eigenvalue weighted by molar-refractivity contribution is -0.258. The first kappa shape index (κ1) is 24.4. The van der Waals surface area contributed by atoms with Crippen LogP contribution < -0.4 is 4.90 Å². The molecule has 0 amide bonds. The van der Waals surface area contributed by atoms with Gasteiger partial charge in [0, 0.05) is 30.2 Å². The minimum absolute atomic E-state index is 0.0244. The molecule has 2 aromatic rings. The van der Waals surface area contributed by atoms with Gasteiger partial charge in [-0.25, -0.2) is 8.42 Å². The summed E-state index contributed by atoms with van der Waals surface area (Å²) in [6.45, 7) is 1.10. The summed E-state index contributed by atoms with van der Waals surface area (Å²) < 4.78 is 66.8. The van der Waals surface area contributed by atoms with E-state index in [2.05, 4.69) is 12.6 Å². The Morgan fingerprint density at radius 3 is 2.34 bits per heavy atom. The van der Waals surface area contributed by atoms with Gasteiger partial charge in [0.15, 0.2) is 5.60 Å². The fourth-order valence-electron chi connectivity index (χ4n) is 3.62. The van der Waals surface area contributed by atoms with E-state index in [4.69, 9.17) is 0 Å². The van der Waals surface area contributed by atoms with Crippen LogP contribution in [0.2, 0.25) is 0 Å². The van der Waals surface area contributed by atoms with Crippen molar-refractivity contribution in [2.24, 2.45) is 0 Å². The van der Waals surface area contributed by atoms with E-state index in [1.807, 2.05) is 6.07 Å². The highest BCUT2D eigenvalue weighted by Gasteiger charge is 2.51. The first-order chi connectivity index (χ1) is 14.9. The fourth-order valence-corrected chi connectivity index (χ4v) is 5.68. The van der Waals surface area contributed by atoms with Crippen molar-refractivity contribution >= 4 is 28.3 Å². The third-order valence-corrected chi connectivity index (χ3v) is 8.03. The van der Waals surface area contributed by atoms with Crippen LogP contribution in [0.4, 0.5) is 18.9 Å². The van der Waals surface area contributed by atoms with Crippen LogP contribution in [0.3, 0.4) is 0 Å². The number of rotatable bonds is 5. The Labute approximate surface area is 190 Å². The third kappa shape index (κ3) is 4.59. The molecule has 1 fully saturated rings. The summed E-state index contributed by atoms with van der Waals surface area (Å²) in [5, 5.41) is 19.1. The predicted molar refractivity (Wildman–Crippen MR) is 116 cm³/mol. The van der Waals surface area contributed by atoms with Gasteiger partial charge in [-0.3, -0.25) is 0 Å². The van der Waals surface area contributed by atoms with Crippen molar-refractivity contribution in [2.75, 3.05) is 24.5 Å². The molecule has 0 bridgehead atoms. The molecule has 0 radical (unpaired) electrons. The zero-order chi connectivity index (χ0) is 23.7. The number of aliphatic hydroxyl groups is 1. The Hall–Kier alpha value is -2.26. The quantitative estimate of drug-likeness (QED) is 0.633. The van der Waals surface area contributed by atoms with E-state index in [0.29, 0.717) is 17.5 Å². The topological polar surface area (TPSA) is 84.6 Å². The zero-order valence-corrected chi connectivity index (χ0v) is 18.8. The Kier molecular flexibility index (Phi) is 6.81. The van der Waals surface area contributed by atoms with E-state index in [-0.39, 0.29) is 36.5 Å². The van der Waals surface area contributed by atoms with Gasteiger partial charge in [0.2, 0.25) is 10.0 Å². The van der Waals surface area contributed by atoms with Gasteiger partial charge in [-0.1, -0.05) is 24.3 Å². The highest BCUT2D eigenvalue weighted by atomic mass is 32.2. The average molecular weight is 486 g/mol. The minimum Gasteiger partial charge on any atom is -0.376 e. The molecule has 1 N–H and O–H groups in total. The summed E-state index contributed by atoms with van der Waals surface area (Å²) in [5.74, 6) is 0. The average Bonchev–Trinajstić information content (AvgIpc) is 2.73. The van der Waals surface area contributed by atoms with E-state index in [1.165, 1.54) is 34.6 Å². The van der Waals surface area contributed by atoms with Crippen LogP contribution in [0.5, 0.6) is 0 Å². The number of benzene rings is 2. The SMILES string of the molecule is C[C@@](O)(c1ccc(N2CCN(S(=O)(=O)c3ccccc3S)C[C@@H]2CC#N)cc1)C(F)(F)F. The number of nitriles is 1. The Balaban J connectivity index is 1.85. The summed E-state index contributed by atoms with van der Waals surface area (Å²) in [6, 6.07) is 13.1. The van der Waals surface area contributed by atoms with Crippen LogP contribution in [0.15, 0.2) is 58.3 Å². The molecule has 0 spiro atoms. The zero-order valence-electron chi connectivity index (χ0n) is 17.1. The number of piperazine rings is 1. The largest absolute Gasteiger partial charge is 0.421 e. The molecule has 0 unspecified atom stereocenters. The molecule has 6 nitrogen and oxygen atoms in total. The van der Waals surface area contributed by atoms with E-state index in [1.54, 1.807) is 23.1 Å². The Morgan fingerprint density at radius 1 is 1.16 bits per heavy atom. The van der Waals surface area contributed by atoms with Crippen LogP contribution in [-0.2, 0) is 15.6 Å². The molecular formula is C21H22F3N3O3S2. The summed E-state index contributed by atoms with van der Waals surface area (Å²) in [7, 11) is -3.83. The molecule has 1 saturated heterocycles. The van der Waals surface area contributed by atoms with Gasteiger partial charge in [0.05, 0.1) is 23.4 Å². The van der Waals surface area contributed by atoms with E-state index >= 15 is 0 Å². The van der Waals surface area contributed by atoms with Crippen LogP contribution in [0.1, 0.15) is 18.9 Å². The number of hydrogen-bond donors (Lipinski definition) is 2. The van der Waals surface area contributed by atoms with Gasteiger partial charge in [0.1, 0.15) is 0 Å². The van der Waals surface area contributed by atoms with Crippen LogP contribution in [0, 0.1) is 11.3 Å². The predicted octanol–water partition coefficient (Wildman–Crippen LogP) is 3.54. The fraction of sp³-hybridized carbons (Fsp3) is 0.381. The Bertz CT molecular complexity index is 1110. The van der Waals surface area contributed by atoms with Gasteiger partial charge < -0.3 is 10.0 Å². The van der Waals surface area contributed by atoms with Gasteiger partial charge in [-0.2, -0.15) is 22.7 Å². The second-order valence-corrected chi connectivity index (χ2v) is 10.0. The van der Waals surface area contributed by atoms with Crippen molar-refractivity contribution in [2.45, 2.75) is 41.0 Å². The van der Waals surface area contributed by atoms with E-state index < -0.39 is 27.8 Å². The normalized spacial score (nSPS) is 19.9. The molecular weight excluding hydrogens is 463 g/mol. The second kappa shape index (κ2) is 8.94. The van der Waals surface area contributed by atoms with E-state index in [9.17, 15) is 32.0 Å². The lowest BCUT2D eigenvalue weighted by Crippen LogP contribution is -2.54. The number of nitrogens with zero attached hydrogens (tertiary/aromatic N) is 3. The van der Waals surface area contributed by atoms with Crippen molar-refractivity contribution in [1.82, 2.24) is 4.31 Å². The number of halogens is 3. The monoisotopic (exact) mass is 485 g/mol. The van der Waals surface area contributed by atoms with Crippen LogP contribution in [-0.4, -0.2) is 49.7 Å². The standard InChI is InChI=1S/C21H22F3N3O3S2/c1-20(28,21(22,23)24)15-6-8-16(9-7-15)27-13-12-26(14-17(27)10-11-25)32(29,30)19-5-3-2-4-18(19)31/h2-9,17,28,31H,10,12-14H2,1H3/t17-,20+/m0/s1. The van der Waals surface area contributed by atoms with Crippen LogP contribution in [0.25, 0.3) is 0 Å². The van der Waals surface area contributed by atoms with Gasteiger partial charge in [-0.15, -0.1) is 12.6 Å². The summed E-state index contributed by atoms with van der Waals surface area (Å²) in [6.07, 6.45) is -4.81. The third-order valence-electron chi connectivity index (χ3n) is 5.57. The Morgan fingerprint density at radius 2 is 1.78 bits per heavy atom. The van der Waals surface area contributed by atoms with Crippen molar-refractivity contribution in [3.8, 4) is 6.07 Å². The van der Waals surface area contributed by atoms with Crippen molar-refractivity contribution in [3.05, 3.63) is 54.1 Å². The maximum absolute atomic E-state index is 13.1. The smallest absolute Gasteiger partial charge is 0.376 e. The van der Waals surface area contributed by atoms with E-state index in [0.717, 1.165) is 0 Å². The van der Waals surface area contributed by atoms with Crippen molar-refractivity contribution in [1.29, 1.82) is 5.26 Å². The minimum atomic E-state index is -4.83. The molecule has 2 aromatic carbocycles. The number of sulfonamides is 1. The highest BCUT2D eigenvalue weighted by Crippen LogP contribution is 2.39. The number of thiol groups is 1. The molecule has 3 rings (SSSR count). The second-order valence-electron chi connectivity index (χ2n) is 7.66. The molecule has 1 heterocycles. The molecule has 0 saturated carbocycles. The summed E-state index contributed by atoms with van der Waals surface area (Å²) in [4.78, 5) is 2.19. The molecule has 11 heteroatoms. The number of alkyl halides is 3. The van der Waals surface area contributed by atoms with Gasteiger partial charge in [0.25, 0.3) is 0 Å². The molecule has 32 heavy (non-hydrogen) atoms. The number of hydrogen-bond acceptors (Lipinski definition) is 6. The molecule has 172 valence electrons. The lowest BCUT2D eigenvalue weighted by Gasteiger charge is -2.41. The molecule has 1 aliphatic heterocycles. The van der Waals surface area contributed by atoms with Gasteiger partial charge >= 0.3 is 6.18 Å². The molecule has 0 aliphatic carbocycles. The van der Waals surface area contributed by atoms with Crippen molar-refractivity contribution in [3.63, 3.8) is 0 Å². The summed E-state index contributed by atoms with van der Waals surface area (Å²) >= 11 is 4.23. The maximum atomic E-state index is 13.1. The first-order valence-electron chi connectivity index (χ1n) is 9.71.